The molecule has 3 heteroatoms. The van der Waals surface area contributed by atoms with Crippen molar-refractivity contribution in [2.75, 3.05) is 20.2 Å². The van der Waals surface area contributed by atoms with Gasteiger partial charge >= 0.3 is 5.97 Å². The molecule has 3 nitrogen and oxygen atoms in total. The fraction of sp³-hybridized carbons (Fsp3) is 0.588. The quantitative estimate of drug-likeness (QED) is 0.774. The average Bonchev–Trinajstić information content (AvgIpc) is 2.93. The predicted molar refractivity (Wildman–Crippen MR) is 80.6 cm³/mol. The van der Waals surface area contributed by atoms with Gasteiger partial charge in [0.05, 0.1) is 13.0 Å². The van der Waals surface area contributed by atoms with Crippen LogP contribution in [0.1, 0.15) is 38.2 Å². The second kappa shape index (κ2) is 6.89. The van der Waals surface area contributed by atoms with Gasteiger partial charge in [-0.1, -0.05) is 44.2 Å². The minimum atomic E-state index is -0.180. The monoisotopic (exact) mass is 275 g/mol. The lowest BCUT2D eigenvalue weighted by Crippen LogP contribution is -2.38. The van der Waals surface area contributed by atoms with Gasteiger partial charge in [-0.2, -0.15) is 0 Å². The lowest BCUT2D eigenvalue weighted by atomic mass is 9.96. The van der Waals surface area contributed by atoms with Crippen molar-refractivity contribution < 1.29 is 9.53 Å². The zero-order valence-electron chi connectivity index (χ0n) is 12.7. The zero-order chi connectivity index (χ0) is 14.5. The Hall–Kier alpha value is -1.35. The Morgan fingerprint density at radius 2 is 2.05 bits per heavy atom. The van der Waals surface area contributed by atoms with E-state index >= 15 is 0 Å². The van der Waals surface area contributed by atoms with Crippen molar-refractivity contribution in [3.63, 3.8) is 0 Å². The molecule has 0 saturated carbocycles. The van der Waals surface area contributed by atoms with Crippen molar-refractivity contribution in [1.82, 2.24) is 4.90 Å². The molecule has 0 spiro atoms. The Balaban J connectivity index is 2.14. The number of rotatable bonds is 5. The summed E-state index contributed by atoms with van der Waals surface area (Å²) in [7, 11) is 1.47. The molecule has 0 amide bonds. The second-order valence-electron chi connectivity index (χ2n) is 5.93. The maximum atomic E-state index is 12.1. The highest BCUT2D eigenvalue weighted by molar-refractivity contribution is 5.78. The van der Waals surface area contributed by atoms with E-state index in [-0.39, 0.29) is 11.9 Å². The van der Waals surface area contributed by atoms with E-state index in [1.54, 1.807) is 0 Å². The van der Waals surface area contributed by atoms with Crippen LogP contribution in [0.3, 0.4) is 0 Å². The Labute approximate surface area is 121 Å². The number of likely N-dealkylation sites (tertiary alicyclic amines) is 1. The number of hydrogen-bond acceptors (Lipinski definition) is 3. The smallest absolute Gasteiger partial charge is 0.314 e. The number of ether oxygens (including phenoxy) is 1. The first-order valence-electron chi connectivity index (χ1n) is 7.50. The first-order valence-corrected chi connectivity index (χ1v) is 7.50. The number of benzene rings is 1. The Kier molecular flexibility index (Phi) is 5.18. The molecule has 0 aromatic heterocycles. The molecule has 2 unspecified atom stereocenters. The van der Waals surface area contributed by atoms with Crippen LogP contribution >= 0.6 is 0 Å². The maximum absolute atomic E-state index is 12.1. The molecule has 20 heavy (non-hydrogen) atoms. The van der Waals surface area contributed by atoms with Crippen molar-refractivity contribution in [3.05, 3.63) is 35.9 Å². The molecule has 2 rings (SSSR count). The van der Waals surface area contributed by atoms with Gasteiger partial charge < -0.3 is 4.74 Å². The normalized spacial score (nSPS) is 21.1. The molecule has 110 valence electrons. The molecular formula is C17H25NO2. The van der Waals surface area contributed by atoms with Crippen LogP contribution in [0, 0.1) is 5.92 Å². The molecule has 1 saturated heterocycles. The van der Waals surface area contributed by atoms with E-state index in [0.717, 1.165) is 18.7 Å². The molecular weight excluding hydrogens is 250 g/mol. The molecule has 1 heterocycles. The van der Waals surface area contributed by atoms with E-state index in [4.69, 9.17) is 4.74 Å². The van der Waals surface area contributed by atoms with E-state index in [1.165, 1.54) is 20.0 Å². The number of esters is 1. The van der Waals surface area contributed by atoms with Gasteiger partial charge in [0.25, 0.3) is 0 Å². The summed E-state index contributed by atoms with van der Waals surface area (Å²) in [6, 6.07) is 10.6. The molecule has 1 aromatic rings. The third-order valence-corrected chi connectivity index (χ3v) is 4.29. The topological polar surface area (TPSA) is 29.5 Å². The van der Waals surface area contributed by atoms with Gasteiger partial charge in [-0.15, -0.1) is 0 Å². The first-order chi connectivity index (χ1) is 9.63. The van der Waals surface area contributed by atoms with Crippen LogP contribution < -0.4 is 0 Å². The summed E-state index contributed by atoms with van der Waals surface area (Å²) < 4.78 is 5.01. The van der Waals surface area contributed by atoms with Crippen LogP contribution in [-0.2, 0) is 9.53 Å². The highest BCUT2D eigenvalue weighted by Crippen LogP contribution is 2.28. The van der Waals surface area contributed by atoms with Crippen LogP contribution in [0.25, 0.3) is 0 Å². The minimum Gasteiger partial charge on any atom is -0.469 e. The van der Waals surface area contributed by atoms with Crippen LogP contribution in [-0.4, -0.2) is 37.1 Å². The van der Waals surface area contributed by atoms with E-state index in [0.29, 0.717) is 12.0 Å². The molecule has 0 N–H and O–H groups in total. The SMILES string of the molecule is COC(=O)C(CN1CCCC1C(C)C)c1ccccc1. The molecule has 1 aromatic carbocycles. The summed E-state index contributed by atoms with van der Waals surface area (Å²) in [5.41, 5.74) is 1.05. The molecule has 1 aliphatic heterocycles. The minimum absolute atomic E-state index is 0.134. The van der Waals surface area contributed by atoms with Crippen molar-refractivity contribution in [2.45, 2.75) is 38.6 Å². The van der Waals surface area contributed by atoms with E-state index in [9.17, 15) is 4.79 Å². The summed E-state index contributed by atoms with van der Waals surface area (Å²) in [5, 5.41) is 0. The van der Waals surface area contributed by atoms with Crippen LogP contribution in [0.4, 0.5) is 0 Å². The number of nitrogens with zero attached hydrogens (tertiary/aromatic N) is 1. The van der Waals surface area contributed by atoms with Gasteiger partial charge in [-0.3, -0.25) is 9.69 Å². The zero-order valence-corrected chi connectivity index (χ0v) is 12.7. The molecule has 0 aliphatic carbocycles. The second-order valence-corrected chi connectivity index (χ2v) is 5.93. The number of hydrogen-bond donors (Lipinski definition) is 0. The fourth-order valence-electron chi connectivity index (χ4n) is 3.21. The summed E-state index contributed by atoms with van der Waals surface area (Å²) >= 11 is 0. The van der Waals surface area contributed by atoms with E-state index < -0.39 is 0 Å². The summed E-state index contributed by atoms with van der Waals surface area (Å²) in [6.07, 6.45) is 2.46. The summed E-state index contributed by atoms with van der Waals surface area (Å²) in [5.74, 6) is 0.317. The average molecular weight is 275 g/mol. The molecule has 0 radical (unpaired) electrons. The summed E-state index contributed by atoms with van der Waals surface area (Å²) in [6.45, 7) is 6.38. The Bertz CT molecular complexity index is 430. The van der Waals surface area contributed by atoms with Crippen LogP contribution in [0.15, 0.2) is 30.3 Å². The Morgan fingerprint density at radius 1 is 1.35 bits per heavy atom. The van der Waals surface area contributed by atoms with E-state index in [2.05, 4.69) is 18.7 Å². The highest BCUT2D eigenvalue weighted by atomic mass is 16.5. The third-order valence-electron chi connectivity index (χ3n) is 4.29. The van der Waals surface area contributed by atoms with Gasteiger partial charge in [0.2, 0.25) is 0 Å². The standard InChI is InChI=1S/C17H25NO2/c1-13(2)16-10-7-11-18(16)12-15(17(19)20-3)14-8-5-4-6-9-14/h4-6,8-9,13,15-16H,7,10-12H2,1-3H3. The number of carbonyl (C=O) groups is 1. The van der Waals surface area contributed by atoms with Gasteiger partial charge in [-0.25, -0.2) is 0 Å². The van der Waals surface area contributed by atoms with Gasteiger partial charge in [-0.05, 0) is 30.9 Å². The van der Waals surface area contributed by atoms with Gasteiger partial charge in [0, 0.05) is 12.6 Å². The summed E-state index contributed by atoms with van der Waals surface area (Å²) in [4.78, 5) is 14.6. The number of carbonyl (C=O) groups excluding carboxylic acids is 1. The lowest BCUT2D eigenvalue weighted by molar-refractivity contribution is -0.143. The van der Waals surface area contributed by atoms with Crippen molar-refractivity contribution >= 4 is 5.97 Å². The van der Waals surface area contributed by atoms with Crippen molar-refractivity contribution in [3.8, 4) is 0 Å². The van der Waals surface area contributed by atoms with Crippen molar-refractivity contribution in [2.24, 2.45) is 5.92 Å². The van der Waals surface area contributed by atoms with Crippen LogP contribution in [0.5, 0.6) is 0 Å². The predicted octanol–water partition coefficient (Wildman–Crippen LogP) is 3.06. The third kappa shape index (κ3) is 3.40. The van der Waals surface area contributed by atoms with Crippen LogP contribution in [0.2, 0.25) is 0 Å². The van der Waals surface area contributed by atoms with E-state index in [1.807, 2.05) is 30.3 Å². The Morgan fingerprint density at radius 3 is 2.65 bits per heavy atom. The number of methoxy groups -OCH3 is 1. The first kappa shape index (κ1) is 15.0. The van der Waals surface area contributed by atoms with Gasteiger partial charge in [0.1, 0.15) is 0 Å². The lowest BCUT2D eigenvalue weighted by Gasteiger charge is -2.30. The largest absolute Gasteiger partial charge is 0.469 e. The molecule has 0 bridgehead atoms. The van der Waals surface area contributed by atoms with Crippen molar-refractivity contribution in [1.29, 1.82) is 0 Å². The highest BCUT2D eigenvalue weighted by Gasteiger charge is 2.32. The fourth-order valence-corrected chi connectivity index (χ4v) is 3.21. The molecule has 1 fully saturated rings. The molecule has 2 atom stereocenters. The maximum Gasteiger partial charge on any atom is 0.314 e. The molecule has 1 aliphatic rings. The van der Waals surface area contributed by atoms with Gasteiger partial charge in [0.15, 0.2) is 0 Å².